The average molecular weight is 293 g/mol. The molecule has 0 bridgehead atoms. The van der Waals surface area contributed by atoms with Gasteiger partial charge in [0.25, 0.3) is 0 Å². The van der Waals surface area contributed by atoms with Crippen molar-refractivity contribution in [1.29, 1.82) is 0 Å². The molecule has 106 valence electrons. The molecule has 0 saturated carbocycles. The fourth-order valence-corrected chi connectivity index (χ4v) is 2.07. The summed E-state index contributed by atoms with van der Waals surface area (Å²) in [4.78, 5) is 0. The quantitative estimate of drug-likeness (QED) is 0.910. The molecule has 0 aliphatic carbocycles. The molecule has 2 aromatic carbocycles. The average Bonchev–Trinajstić information content (AvgIpc) is 2.46. The highest BCUT2D eigenvalue weighted by Crippen LogP contribution is 2.25. The van der Waals surface area contributed by atoms with E-state index >= 15 is 0 Å². The zero-order valence-corrected chi connectivity index (χ0v) is 12.2. The first-order chi connectivity index (χ1) is 9.60. The van der Waals surface area contributed by atoms with Gasteiger partial charge in [0.2, 0.25) is 0 Å². The van der Waals surface area contributed by atoms with E-state index in [0.717, 1.165) is 11.3 Å². The lowest BCUT2D eigenvalue weighted by Gasteiger charge is -2.21. The van der Waals surface area contributed by atoms with Crippen LogP contribution in [0.2, 0.25) is 5.02 Å². The second kappa shape index (κ2) is 6.64. The minimum atomic E-state index is -0.722. The van der Waals surface area contributed by atoms with E-state index in [2.05, 4.69) is 0 Å². The lowest BCUT2D eigenvalue weighted by Crippen LogP contribution is -2.21. The van der Waals surface area contributed by atoms with Gasteiger partial charge in [-0.25, -0.2) is 0 Å². The number of halogens is 1. The van der Waals surface area contributed by atoms with Crippen LogP contribution in [0.4, 0.5) is 0 Å². The number of ether oxygens (including phenoxy) is 2. The Balaban J connectivity index is 2.05. The summed E-state index contributed by atoms with van der Waals surface area (Å²) in [5.74, 6) is 1.39. The van der Waals surface area contributed by atoms with Gasteiger partial charge < -0.3 is 14.6 Å². The number of hydrogen-bond donors (Lipinski definition) is 1. The van der Waals surface area contributed by atoms with Crippen molar-refractivity contribution >= 4 is 11.6 Å². The molecule has 0 heterocycles. The fraction of sp³-hybridized carbons (Fsp3) is 0.250. The van der Waals surface area contributed by atoms with E-state index in [9.17, 15) is 5.11 Å². The first-order valence-electron chi connectivity index (χ1n) is 6.34. The molecule has 2 aromatic rings. The van der Waals surface area contributed by atoms with Gasteiger partial charge in [-0.15, -0.1) is 0 Å². The van der Waals surface area contributed by atoms with Crippen LogP contribution in [0.15, 0.2) is 48.5 Å². The Kier molecular flexibility index (Phi) is 4.88. The zero-order valence-electron chi connectivity index (χ0n) is 11.4. The maximum absolute atomic E-state index is 10.3. The molecule has 0 radical (unpaired) electrons. The molecule has 20 heavy (non-hydrogen) atoms. The highest BCUT2D eigenvalue weighted by Gasteiger charge is 2.18. The summed E-state index contributed by atoms with van der Waals surface area (Å²) in [5, 5.41) is 10.9. The van der Waals surface area contributed by atoms with Gasteiger partial charge in [0, 0.05) is 5.02 Å². The molecule has 0 spiro atoms. The summed E-state index contributed by atoms with van der Waals surface area (Å²) in [6.45, 7) is 1.82. The molecule has 2 unspecified atom stereocenters. The maximum atomic E-state index is 10.3. The first-order valence-corrected chi connectivity index (χ1v) is 6.72. The third kappa shape index (κ3) is 3.65. The van der Waals surface area contributed by atoms with Gasteiger partial charge in [0.15, 0.2) is 0 Å². The van der Waals surface area contributed by atoms with Crippen molar-refractivity contribution < 1.29 is 14.6 Å². The van der Waals surface area contributed by atoms with Crippen molar-refractivity contribution in [2.45, 2.75) is 19.1 Å². The van der Waals surface area contributed by atoms with Crippen molar-refractivity contribution in [2.75, 3.05) is 7.11 Å². The van der Waals surface area contributed by atoms with E-state index in [1.165, 1.54) is 0 Å². The Morgan fingerprint density at radius 3 is 2.35 bits per heavy atom. The fourth-order valence-electron chi connectivity index (χ4n) is 1.89. The van der Waals surface area contributed by atoms with Crippen molar-refractivity contribution in [1.82, 2.24) is 0 Å². The van der Waals surface area contributed by atoms with Crippen LogP contribution in [0.5, 0.6) is 11.5 Å². The largest absolute Gasteiger partial charge is 0.497 e. The summed E-state index contributed by atoms with van der Waals surface area (Å²) < 4.78 is 10.8. The molecule has 1 N–H and O–H groups in total. The minimum Gasteiger partial charge on any atom is -0.497 e. The molecule has 0 saturated heterocycles. The summed E-state index contributed by atoms with van der Waals surface area (Å²) in [6, 6.07) is 14.4. The van der Waals surface area contributed by atoms with Crippen molar-refractivity contribution in [3.63, 3.8) is 0 Å². The molecule has 0 aromatic heterocycles. The molecular weight excluding hydrogens is 276 g/mol. The van der Waals surface area contributed by atoms with Crippen molar-refractivity contribution in [2.24, 2.45) is 0 Å². The normalized spacial score (nSPS) is 13.6. The van der Waals surface area contributed by atoms with E-state index in [1.807, 2.05) is 43.3 Å². The summed E-state index contributed by atoms with van der Waals surface area (Å²) in [5.41, 5.74) is 0.778. The van der Waals surface area contributed by atoms with Gasteiger partial charge in [0.1, 0.15) is 23.7 Å². The van der Waals surface area contributed by atoms with E-state index < -0.39 is 6.10 Å². The predicted octanol–water partition coefficient (Wildman–Crippen LogP) is 3.85. The Morgan fingerprint density at radius 1 is 1.05 bits per heavy atom. The van der Waals surface area contributed by atoms with Crippen LogP contribution in [0.1, 0.15) is 18.6 Å². The highest BCUT2D eigenvalue weighted by molar-refractivity contribution is 6.30. The summed E-state index contributed by atoms with van der Waals surface area (Å²) in [7, 11) is 1.61. The van der Waals surface area contributed by atoms with E-state index in [-0.39, 0.29) is 6.10 Å². The summed E-state index contributed by atoms with van der Waals surface area (Å²) >= 11 is 5.90. The molecule has 0 fully saturated rings. The first kappa shape index (κ1) is 14.7. The number of aliphatic hydroxyl groups excluding tert-OH is 1. The van der Waals surface area contributed by atoms with Crippen LogP contribution in [0.25, 0.3) is 0 Å². The Bertz CT molecular complexity index is 554. The van der Waals surface area contributed by atoms with Crippen LogP contribution < -0.4 is 9.47 Å². The third-order valence-corrected chi connectivity index (χ3v) is 3.26. The van der Waals surface area contributed by atoms with E-state index in [1.54, 1.807) is 19.2 Å². The van der Waals surface area contributed by atoms with Crippen LogP contribution >= 0.6 is 11.6 Å². The monoisotopic (exact) mass is 292 g/mol. The molecule has 3 nitrogen and oxygen atoms in total. The topological polar surface area (TPSA) is 38.7 Å². The molecule has 2 rings (SSSR count). The maximum Gasteiger partial charge on any atom is 0.126 e. The molecule has 0 amide bonds. The van der Waals surface area contributed by atoms with Gasteiger partial charge >= 0.3 is 0 Å². The van der Waals surface area contributed by atoms with Gasteiger partial charge in [0.05, 0.1) is 7.11 Å². The van der Waals surface area contributed by atoms with Crippen LogP contribution in [-0.4, -0.2) is 18.3 Å². The molecule has 2 atom stereocenters. The van der Waals surface area contributed by atoms with Gasteiger partial charge in [-0.3, -0.25) is 0 Å². The van der Waals surface area contributed by atoms with E-state index in [4.69, 9.17) is 21.1 Å². The number of benzene rings is 2. The predicted molar refractivity (Wildman–Crippen MR) is 79.5 cm³/mol. The molecular formula is C16H17ClO3. The molecule has 0 aliphatic rings. The lowest BCUT2D eigenvalue weighted by molar-refractivity contribution is 0.0467. The zero-order chi connectivity index (χ0) is 14.5. The summed E-state index contributed by atoms with van der Waals surface area (Å²) in [6.07, 6.45) is -1.11. The van der Waals surface area contributed by atoms with Crippen molar-refractivity contribution in [3.8, 4) is 11.5 Å². The lowest BCUT2D eigenvalue weighted by atomic mass is 10.1. The van der Waals surface area contributed by atoms with Gasteiger partial charge in [-0.2, -0.15) is 0 Å². The van der Waals surface area contributed by atoms with Gasteiger partial charge in [-0.1, -0.05) is 29.8 Å². The minimum absolute atomic E-state index is 0.387. The number of aliphatic hydroxyl groups is 1. The van der Waals surface area contributed by atoms with Crippen molar-refractivity contribution in [3.05, 3.63) is 59.1 Å². The van der Waals surface area contributed by atoms with Crippen LogP contribution in [0.3, 0.4) is 0 Å². The standard InChI is InChI=1S/C16H17ClO3/c1-11(20-15-5-3-4-13(17)10-15)16(18)12-6-8-14(19-2)9-7-12/h3-11,16,18H,1-2H3. The number of hydrogen-bond acceptors (Lipinski definition) is 3. The highest BCUT2D eigenvalue weighted by atomic mass is 35.5. The second-order valence-electron chi connectivity index (χ2n) is 4.50. The Morgan fingerprint density at radius 2 is 1.75 bits per heavy atom. The number of rotatable bonds is 5. The molecule has 4 heteroatoms. The third-order valence-electron chi connectivity index (χ3n) is 3.02. The van der Waals surface area contributed by atoms with E-state index in [0.29, 0.717) is 10.8 Å². The smallest absolute Gasteiger partial charge is 0.126 e. The SMILES string of the molecule is COc1ccc(C(O)C(C)Oc2cccc(Cl)c2)cc1. The Labute approximate surface area is 123 Å². The van der Waals surface area contributed by atoms with Crippen LogP contribution in [0, 0.1) is 0 Å². The van der Waals surface area contributed by atoms with Gasteiger partial charge in [-0.05, 0) is 42.8 Å². The Hall–Kier alpha value is -1.71. The second-order valence-corrected chi connectivity index (χ2v) is 4.93. The van der Waals surface area contributed by atoms with Crippen LogP contribution in [-0.2, 0) is 0 Å². The molecule has 0 aliphatic heterocycles. The number of methoxy groups -OCH3 is 1.